The molecule has 9 heteroatoms. The third-order valence-corrected chi connectivity index (χ3v) is 4.21. The lowest BCUT2D eigenvalue weighted by molar-refractivity contribution is -0.148. The summed E-state index contributed by atoms with van der Waals surface area (Å²) in [4.78, 5) is 37.9. The number of hydrogen-bond acceptors (Lipinski definition) is 6. The lowest BCUT2D eigenvalue weighted by atomic mass is 10.2. The number of carbonyl (C=O) groups excluding carboxylic acids is 3. The van der Waals surface area contributed by atoms with Gasteiger partial charge >= 0.3 is 5.97 Å². The van der Waals surface area contributed by atoms with Crippen LogP contribution in [0.2, 0.25) is 0 Å². The summed E-state index contributed by atoms with van der Waals surface area (Å²) in [5, 5.41) is 4.78. The van der Waals surface area contributed by atoms with Crippen LogP contribution in [-0.2, 0) is 25.5 Å². The van der Waals surface area contributed by atoms with E-state index in [9.17, 15) is 14.4 Å². The van der Waals surface area contributed by atoms with Crippen LogP contribution in [0.25, 0.3) is 10.6 Å². The van der Waals surface area contributed by atoms with Gasteiger partial charge in [-0.25, -0.2) is 4.98 Å². The Morgan fingerprint density at radius 3 is 2.83 bits per heavy atom. The molecule has 2 aromatic rings. The van der Waals surface area contributed by atoms with Crippen LogP contribution in [0.3, 0.4) is 0 Å². The molecule has 0 atom stereocenters. The van der Waals surface area contributed by atoms with Crippen LogP contribution in [0.15, 0.2) is 34.1 Å². The monoisotopic (exact) mass is 411 g/mol. The number of rotatable bonds is 7. The standard InChI is InChI=1S/C15H14BrN3O4S/c16-10-3-1-2-9(4-10)15-19-11(8-24-15)5-14(22)23-7-13(21)18-6-12(17)20/h1-4,8H,5-7H2,(H2,17,20)(H,18,21). The van der Waals surface area contributed by atoms with Crippen LogP contribution in [-0.4, -0.2) is 35.9 Å². The summed E-state index contributed by atoms with van der Waals surface area (Å²) < 4.78 is 5.77. The normalized spacial score (nSPS) is 10.2. The van der Waals surface area contributed by atoms with Crippen LogP contribution in [0, 0.1) is 0 Å². The molecule has 0 aliphatic rings. The smallest absolute Gasteiger partial charge is 0.312 e. The SMILES string of the molecule is NC(=O)CNC(=O)COC(=O)Cc1csc(-c2cccc(Br)c2)n1. The number of carbonyl (C=O) groups is 3. The quantitative estimate of drug-likeness (QED) is 0.666. The van der Waals surface area contributed by atoms with Gasteiger partial charge in [-0.1, -0.05) is 28.1 Å². The van der Waals surface area contributed by atoms with Gasteiger partial charge in [-0.2, -0.15) is 0 Å². The Morgan fingerprint density at radius 1 is 1.33 bits per heavy atom. The van der Waals surface area contributed by atoms with Crippen LogP contribution >= 0.6 is 27.3 Å². The second-order valence-electron chi connectivity index (χ2n) is 4.73. The van der Waals surface area contributed by atoms with Gasteiger partial charge in [0.25, 0.3) is 5.91 Å². The lowest BCUT2D eigenvalue weighted by Gasteiger charge is -2.04. The molecule has 0 aliphatic carbocycles. The van der Waals surface area contributed by atoms with Crippen molar-refractivity contribution in [1.29, 1.82) is 0 Å². The highest BCUT2D eigenvalue weighted by Gasteiger charge is 2.12. The van der Waals surface area contributed by atoms with Crippen molar-refractivity contribution in [3.8, 4) is 10.6 Å². The Hall–Kier alpha value is -2.26. The largest absolute Gasteiger partial charge is 0.455 e. The van der Waals surface area contributed by atoms with Gasteiger partial charge in [-0.05, 0) is 12.1 Å². The fourth-order valence-electron chi connectivity index (χ4n) is 1.72. The first-order valence-electron chi connectivity index (χ1n) is 6.85. The number of amides is 2. The van der Waals surface area contributed by atoms with Gasteiger partial charge in [0.1, 0.15) is 5.01 Å². The molecule has 0 aliphatic heterocycles. The van der Waals surface area contributed by atoms with E-state index in [4.69, 9.17) is 10.5 Å². The van der Waals surface area contributed by atoms with Crippen molar-refractivity contribution in [2.45, 2.75) is 6.42 Å². The van der Waals surface area contributed by atoms with Crippen molar-refractivity contribution in [2.24, 2.45) is 5.73 Å². The molecule has 126 valence electrons. The zero-order valence-corrected chi connectivity index (χ0v) is 14.9. The second-order valence-corrected chi connectivity index (χ2v) is 6.51. The van der Waals surface area contributed by atoms with Gasteiger partial charge in [0.2, 0.25) is 5.91 Å². The maximum absolute atomic E-state index is 11.7. The number of hydrogen-bond donors (Lipinski definition) is 2. The summed E-state index contributed by atoms with van der Waals surface area (Å²) in [5.41, 5.74) is 6.40. The first kappa shape index (κ1) is 18.1. The minimum absolute atomic E-state index is 0.0341. The second kappa shape index (κ2) is 8.55. The summed E-state index contributed by atoms with van der Waals surface area (Å²) in [6.45, 7) is -0.757. The molecule has 0 fully saturated rings. The summed E-state index contributed by atoms with van der Waals surface area (Å²) in [6.07, 6.45) is -0.0341. The molecule has 2 amide bonds. The molecule has 1 aromatic carbocycles. The van der Waals surface area contributed by atoms with Gasteiger partial charge in [0.05, 0.1) is 18.7 Å². The van der Waals surface area contributed by atoms with Crippen LogP contribution in [0.4, 0.5) is 0 Å². The zero-order chi connectivity index (χ0) is 17.5. The van der Waals surface area contributed by atoms with Crippen LogP contribution in [0.1, 0.15) is 5.69 Å². The van der Waals surface area contributed by atoms with Crippen molar-refractivity contribution in [3.05, 3.63) is 39.8 Å². The molecule has 0 saturated heterocycles. The summed E-state index contributed by atoms with van der Waals surface area (Å²) in [6, 6.07) is 7.68. The zero-order valence-electron chi connectivity index (χ0n) is 12.5. The third kappa shape index (κ3) is 5.74. The fraction of sp³-hybridized carbons (Fsp3) is 0.200. The molecule has 0 unspecified atom stereocenters. The highest BCUT2D eigenvalue weighted by molar-refractivity contribution is 9.10. The van der Waals surface area contributed by atoms with Crippen molar-refractivity contribution < 1.29 is 19.1 Å². The number of esters is 1. The highest BCUT2D eigenvalue weighted by Crippen LogP contribution is 2.26. The number of benzene rings is 1. The van der Waals surface area contributed by atoms with Crippen molar-refractivity contribution in [3.63, 3.8) is 0 Å². The molecule has 1 heterocycles. The number of nitrogens with zero attached hydrogens (tertiary/aromatic N) is 1. The van der Waals surface area contributed by atoms with E-state index in [1.54, 1.807) is 5.38 Å². The Labute approximate surface area is 150 Å². The molecular weight excluding hydrogens is 398 g/mol. The molecule has 2 rings (SSSR count). The fourth-order valence-corrected chi connectivity index (χ4v) is 2.94. The number of primary amides is 1. The number of halogens is 1. The minimum Gasteiger partial charge on any atom is -0.455 e. The van der Waals surface area contributed by atoms with Gasteiger partial charge in [0, 0.05) is 15.4 Å². The molecule has 24 heavy (non-hydrogen) atoms. The Bertz CT molecular complexity index is 763. The van der Waals surface area contributed by atoms with E-state index in [0.29, 0.717) is 5.69 Å². The maximum Gasteiger partial charge on any atom is 0.312 e. The maximum atomic E-state index is 11.7. The predicted molar refractivity (Wildman–Crippen MR) is 92.1 cm³/mol. The van der Waals surface area contributed by atoms with E-state index < -0.39 is 24.4 Å². The Morgan fingerprint density at radius 2 is 2.12 bits per heavy atom. The van der Waals surface area contributed by atoms with Gasteiger partial charge < -0.3 is 15.8 Å². The number of nitrogens with two attached hydrogens (primary N) is 1. The van der Waals surface area contributed by atoms with Gasteiger partial charge in [0.15, 0.2) is 6.61 Å². The number of nitrogens with one attached hydrogen (secondary N) is 1. The topological polar surface area (TPSA) is 111 Å². The van der Waals surface area contributed by atoms with Crippen LogP contribution in [0.5, 0.6) is 0 Å². The predicted octanol–water partition coefficient (Wildman–Crippen LogP) is 1.26. The summed E-state index contributed by atoms with van der Waals surface area (Å²) in [5.74, 6) is -1.83. The minimum atomic E-state index is -0.669. The van der Waals surface area contributed by atoms with Gasteiger partial charge in [-0.15, -0.1) is 11.3 Å². The first-order chi connectivity index (χ1) is 11.4. The van der Waals surface area contributed by atoms with E-state index in [1.165, 1.54) is 11.3 Å². The molecule has 0 spiro atoms. The van der Waals surface area contributed by atoms with Gasteiger partial charge in [-0.3, -0.25) is 14.4 Å². The van der Waals surface area contributed by atoms with Crippen molar-refractivity contribution >= 4 is 45.1 Å². The van der Waals surface area contributed by atoms with Crippen molar-refractivity contribution in [2.75, 3.05) is 13.2 Å². The molecule has 0 bridgehead atoms. The number of ether oxygens (including phenoxy) is 1. The average Bonchev–Trinajstić information content (AvgIpc) is 2.99. The number of thiazole rings is 1. The molecule has 1 aromatic heterocycles. The third-order valence-electron chi connectivity index (χ3n) is 2.77. The van der Waals surface area contributed by atoms with E-state index in [0.717, 1.165) is 15.0 Å². The molecule has 7 nitrogen and oxygen atoms in total. The molecule has 0 saturated carbocycles. The van der Waals surface area contributed by atoms with E-state index in [2.05, 4.69) is 26.2 Å². The molecule has 3 N–H and O–H groups in total. The summed E-state index contributed by atoms with van der Waals surface area (Å²) in [7, 11) is 0. The summed E-state index contributed by atoms with van der Waals surface area (Å²) >= 11 is 4.82. The number of aromatic nitrogens is 1. The molecule has 0 radical (unpaired) electrons. The highest BCUT2D eigenvalue weighted by atomic mass is 79.9. The van der Waals surface area contributed by atoms with E-state index in [1.807, 2.05) is 24.3 Å². The lowest BCUT2D eigenvalue weighted by Crippen LogP contribution is -2.36. The first-order valence-corrected chi connectivity index (χ1v) is 8.52. The van der Waals surface area contributed by atoms with E-state index >= 15 is 0 Å². The Balaban J connectivity index is 1.84. The Kier molecular flexibility index (Phi) is 6.44. The van der Waals surface area contributed by atoms with E-state index in [-0.39, 0.29) is 13.0 Å². The van der Waals surface area contributed by atoms with Crippen LogP contribution < -0.4 is 11.1 Å². The van der Waals surface area contributed by atoms with Crippen molar-refractivity contribution in [1.82, 2.24) is 10.3 Å². The molecular formula is C15H14BrN3O4S. The average molecular weight is 412 g/mol.